The topological polar surface area (TPSA) is 66.8 Å². The highest BCUT2D eigenvalue weighted by Crippen LogP contribution is 2.26. The monoisotopic (exact) mass is 287 g/mol. The number of H-pyrrole nitrogens is 1. The summed E-state index contributed by atoms with van der Waals surface area (Å²) in [4.78, 5) is 19.1. The predicted octanol–water partition coefficient (Wildman–Crippen LogP) is 1.45. The van der Waals surface area contributed by atoms with Gasteiger partial charge in [0.2, 0.25) is 5.91 Å². The molecular formula is C15H21N5O. The Morgan fingerprint density at radius 3 is 2.86 bits per heavy atom. The van der Waals surface area contributed by atoms with E-state index in [4.69, 9.17) is 0 Å². The zero-order valence-corrected chi connectivity index (χ0v) is 13.0. The Kier molecular flexibility index (Phi) is 3.31. The van der Waals surface area contributed by atoms with E-state index < -0.39 is 0 Å². The van der Waals surface area contributed by atoms with Gasteiger partial charge >= 0.3 is 0 Å². The normalized spacial score (nSPS) is 15.9. The van der Waals surface area contributed by atoms with E-state index in [1.165, 1.54) is 5.69 Å². The number of nitrogens with zero attached hydrogens (tertiary/aromatic N) is 4. The smallest absolute Gasteiger partial charge is 0.230 e. The van der Waals surface area contributed by atoms with Crippen LogP contribution in [-0.2, 0) is 24.8 Å². The lowest BCUT2D eigenvalue weighted by Gasteiger charge is -2.29. The Labute approximate surface area is 124 Å². The molecule has 0 saturated carbocycles. The maximum atomic E-state index is 12.8. The number of aryl methyl sites for hydroxylation is 3. The van der Waals surface area contributed by atoms with Gasteiger partial charge in [0.25, 0.3) is 0 Å². The van der Waals surface area contributed by atoms with Crippen LogP contribution in [0.5, 0.6) is 0 Å². The molecule has 1 N–H and O–H groups in total. The minimum atomic E-state index is -0.172. The first-order chi connectivity index (χ1) is 9.99. The fourth-order valence-corrected chi connectivity index (χ4v) is 3.24. The number of aromatic amines is 1. The molecule has 21 heavy (non-hydrogen) atoms. The van der Waals surface area contributed by atoms with Gasteiger partial charge in [0.15, 0.2) is 0 Å². The second-order valence-electron chi connectivity index (χ2n) is 5.83. The van der Waals surface area contributed by atoms with Gasteiger partial charge in [-0.1, -0.05) is 0 Å². The second-order valence-corrected chi connectivity index (χ2v) is 5.83. The summed E-state index contributed by atoms with van der Waals surface area (Å²) in [5, 5.41) is 7.15. The zero-order chi connectivity index (χ0) is 15.1. The number of amides is 1. The third-order valence-corrected chi connectivity index (χ3v) is 4.41. The molecule has 3 heterocycles. The molecule has 0 bridgehead atoms. The first-order valence-corrected chi connectivity index (χ1v) is 7.28. The van der Waals surface area contributed by atoms with E-state index in [2.05, 4.69) is 15.2 Å². The van der Waals surface area contributed by atoms with Crippen molar-refractivity contribution in [2.45, 2.75) is 39.7 Å². The van der Waals surface area contributed by atoms with Gasteiger partial charge in [0.1, 0.15) is 0 Å². The lowest BCUT2D eigenvalue weighted by Crippen LogP contribution is -2.39. The molecule has 0 saturated heterocycles. The van der Waals surface area contributed by atoms with E-state index >= 15 is 0 Å². The van der Waals surface area contributed by atoms with Gasteiger partial charge in [-0.3, -0.25) is 9.89 Å². The van der Waals surface area contributed by atoms with Crippen LogP contribution >= 0.6 is 0 Å². The number of aromatic nitrogens is 4. The van der Waals surface area contributed by atoms with Crippen molar-refractivity contribution >= 4 is 5.91 Å². The minimum Gasteiger partial charge on any atom is -0.337 e. The summed E-state index contributed by atoms with van der Waals surface area (Å²) in [5.41, 5.74) is 5.16. The molecule has 1 atom stereocenters. The average molecular weight is 287 g/mol. The summed E-state index contributed by atoms with van der Waals surface area (Å²) in [6.45, 7) is 7.23. The Morgan fingerprint density at radius 1 is 1.43 bits per heavy atom. The van der Waals surface area contributed by atoms with Crippen molar-refractivity contribution < 1.29 is 4.79 Å². The number of hydrogen-bond donors (Lipinski definition) is 1. The lowest BCUT2D eigenvalue weighted by atomic mass is 9.97. The SMILES string of the molecule is Cc1n[nH]c(C)c1C(C)C(=O)N1CCc2c(ncn2C)C1. The van der Waals surface area contributed by atoms with Crippen molar-refractivity contribution in [3.05, 3.63) is 34.7 Å². The fraction of sp³-hybridized carbons (Fsp3) is 0.533. The van der Waals surface area contributed by atoms with Gasteiger partial charge in [-0.15, -0.1) is 0 Å². The van der Waals surface area contributed by atoms with Crippen molar-refractivity contribution in [3.8, 4) is 0 Å². The molecule has 6 heteroatoms. The average Bonchev–Trinajstić information content (AvgIpc) is 3.00. The van der Waals surface area contributed by atoms with Crippen LogP contribution in [0.25, 0.3) is 0 Å². The van der Waals surface area contributed by atoms with Gasteiger partial charge in [0.05, 0.1) is 30.2 Å². The van der Waals surface area contributed by atoms with Crippen molar-refractivity contribution in [1.82, 2.24) is 24.6 Å². The second kappa shape index (κ2) is 5.02. The largest absolute Gasteiger partial charge is 0.337 e. The van der Waals surface area contributed by atoms with Crippen molar-refractivity contribution in [1.29, 1.82) is 0 Å². The van der Waals surface area contributed by atoms with Crippen molar-refractivity contribution in [2.75, 3.05) is 6.54 Å². The number of hydrogen-bond acceptors (Lipinski definition) is 3. The molecular weight excluding hydrogens is 266 g/mol. The number of carbonyl (C=O) groups excluding carboxylic acids is 1. The molecule has 1 amide bonds. The standard InChI is InChI=1S/C15H21N5O/c1-9(14-10(2)17-18-11(14)3)15(21)20-6-5-13-12(7-20)16-8-19(13)4/h8-9H,5-7H2,1-4H3,(H,17,18). The minimum absolute atomic E-state index is 0.152. The molecule has 1 unspecified atom stereocenters. The van der Waals surface area contributed by atoms with Crippen LogP contribution in [0.2, 0.25) is 0 Å². The summed E-state index contributed by atoms with van der Waals surface area (Å²) in [6, 6.07) is 0. The molecule has 0 aromatic carbocycles. The first kappa shape index (κ1) is 13.9. The third-order valence-electron chi connectivity index (χ3n) is 4.41. The summed E-state index contributed by atoms with van der Waals surface area (Å²) < 4.78 is 2.05. The summed E-state index contributed by atoms with van der Waals surface area (Å²) in [7, 11) is 2.00. The third kappa shape index (κ3) is 2.24. The van der Waals surface area contributed by atoms with Gasteiger partial charge < -0.3 is 9.47 Å². The van der Waals surface area contributed by atoms with Crippen LogP contribution in [0.1, 0.15) is 41.2 Å². The van der Waals surface area contributed by atoms with Crippen LogP contribution in [0.3, 0.4) is 0 Å². The van der Waals surface area contributed by atoms with E-state index in [0.717, 1.165) is 35.6 Å². The zero-order valence-electron chi connectivity index (χ0n) is 13.0. The van der Waals surface area contributed by atoms with E-state index in [9.17, 15) is 4.79 Å². The number of rotatable bonds is 2. The molecule has 3 rings (SSSR count). The maximum Gasteiger partial charge on any atom is 0.230 e. The number of imidazole rings is 1. The molecule has 1 aliphatic rings. The van der Waals surface area contributed by atoms with E-state index in [1.54, 1.807) is 0 Å². The van der Waals surface area contributed by atoms with Crippen molar-refractivity contribution in [2.24, 2.45) is 7.05 Å². The number of fused-ring (bicyclic) bond motifs is 1. The van der Waals surface area contributed by atoms with Crippen molar-refractivity contribution in [3.63, 3.8) is 0 Å². The molecule has 6 nitrogen and oxygen atoms in total. The van der Waals surface area contributed by atoms with Gasteiger partial charge in [-0.05, 0) is 20.8 Å². The van der Waals surface area contributed by atoms with Gasteiger partial charge in [-0.25, -0.2) is 4.98 Å². The highest BCUT2D eigenvalue weighted by Gasteiger charge is 2.29. The lowest BCUT2D eigenvalue weighted by molar-refractivity contribution is -0.133. The summed E-state index contributed by atoms with van der Waals surface area (Å²) in [6.07, 6.45) is 2.69. The van der Waals surface area contributed by atoms with Crippen LogP contribution in [0.4, 0.5) is 0 Å². The van der Waals surface area contributed by atoms with Gasteiger partial charge in [0, 0.05) is 37.0 Å². The summed E-state index contributed by atoms with van der Waals surface area (Å²) >= 11 is 0. The number of nitrogens with one attached hydrogen (secondary N) is 1. The molecule has 1 aliphatic heterocycles. The molecule has 0 radical (unpaired) electrons. The van der Waals surface area contributed by atoms with Crippen LogP contribution < -0.4 is 0 Å². The Bertz CT molecular complexity index is 665. The molecule has 0 fully saturated rings. The highest BCUT2D eigenvalue weighted by molar-refractivity contribution is 5.84. The maximum absolute atomic E-state index is 12.8. The Morgan fingerprint density at radius 2 is 2.19 bits per heavy atom. The van der Waals surface area contributed by atoms with Crippen LogP contribution in [0.15, 0.2) is 6.33 Å². The van der Waals surface area contributed by atoms with Crippen LogP contribution in [-0.4, -0.2) is 37.1 Å². The quantitative estimate of drug-likeness (QED) is 0.909. The highest BCUT2D eigenvalue weighted by atomic mass is 16.2. The van der Waals surface area contributed by atoms with E-state index in [-0.39, 0.29) is 11.8 Å². The molecule has 112 valence electrons. The van der Waals surface area contributed by atoms with E-state index in [1.807, 2.05) is 43.6 Å². The molecule has 2 aromatic heterocycles. The Hall–Kier alpha value is -2.11. The molecule has 2 aromatic rings. The fourth-order valence-electron chi connectivity index (χ4n) is 3.24. The molecule has 0 aliphatic carbocycles. The molecule has 0 spiro atoms. The Balaban J connectivity index is 1.81. The number of carbonyl (C=O) groups is 1. The first-order valence-electron chi connectivity index (χ1n) is 7.28. The van der Waals surface area contributed by atoms with Gasteiger partial charge in [-0.2, -0.15) is 5.10 Å². The predicted molar refractivity (Wildman–Crippen MR) is 78.8 cm³/mol. The summed E-state index contributed by atoms with van der Waals surface area (Å²) in [5.74, 6) is -0.0204. The van der Waals surface area contributed by atoms with E-state index in [0.29, 0.717) is 6.54 Å². The van der Waals surface area contributed by atoms with Crippen LogP contribution in [0, 0.1) is 13.8 Å².